The van der Waals surface area contributed by atoms with Crippen LogP contribution in [0, 0.1) is 6.92 Å². The number of aryl methyl sites for hydroxylation is 1. The molecule has 0 fully saturated rings. The molecule has 0 saturated heterocycles. The molecule has 16 heavy (non-hydrogen) atoms. The van der Waals surface area contributed by atoms with Gasteiger partial charge in [-0.15, -0.1) is 0 Å². The zero-order valence-electron chi connectivity index (χ0n) is 8.70. The fourth-order valence-electron chi connectivity index (χ4n) is 1.60. The third-order valence-electron chi connectivity index (χ3n) is 2.34. The van der Waals surface area contributed by atoms with E-state index in [1.165, 1.54) is 0 Å². The van der Waals surface area contributed by atoms with Crippen molar-refractivity contribution in [2.45, 2.75) is 13.3 Å². The van der Waals surface area contributed by atoms with Gasteiger partial charge in [-0.1, -0.05) is 23.2 Å². The summed E-state index contributed by atoms with van der Waals surface area (Å²) in [4.78, 5) is 14.8. The molecule has 0 aliphatic carbocycles. The van der Waals surface area contributed by atoms with E-state index in [-0.39, 0.29) is 11.6 Å². The number of nitrogens with zero attached hydrogens (tertiary/aromatic N) is 1. The topological polar surface area (TPSA) is 50.2 Å². The predicted octanol–water partition coefficient (Wildman–Crippen LogP) is 2.82. The first-order valence-electron chi connectivity index (χ1n) is 4.84. The van der Waals surface area contributed by atoms with Crippen LogP contribution in [0.4, 0.5) is 0 Å². The number of rotatable bonds is 2. The Morgan fingerprint density at radius 1 is 1.44 bits per heavy atom. The van der Waals surface area contributed by atoms with Gasteiger partial charge in [0.2, 0.25) is 0 Å². The number of carboxylic acid groups (broad SMARTS) is 1. The summed E-state index contributed by atoms with van der Waals surface area (Å²) in [6.45, 7) is 1.98. The summed E-state index contributed by atoms with van der Waals surface area (Å²) in [6, 6.07) is 7.57. The van der Waals surface area contributed by atoms with E-state index in [9.17, 15) is 4.79 Å². The van der Waals surface area contributed by atoms with Crippen molar-refractivity contribution in [1.29, 1.82) is 0 Å². The monoisotopic (exact) mass is 235 g/mol. The van der Waals surface area contributed by atoms with E-state index in [4.69, 9.17) is 16.7 Å². The van der Waals surface area contributed by atoms with Crippen LogP contribution < -0.4 is 0 Å². The lowest BCUT2D eigenvalue weighted by molar-refractivity contribution is -0.136. The highest BCUT2D eigenvalue weighted by molar-refractivity contribution is 6.30. The molecule has 0 aliphatic rings. The van der Waals surface area contributed by atoms with Crippen molar-refractivity contribution in [3.8, 4) is 0 Å². The van der Waals surface area contributed by atoms with Gasteiger partial charge < -0.3 is 5.11 Å². The molecule has 0 saturated carbocycles. The fraction of sp³-hybridized carbons (Fsp3) is 0.167. The highest BCUT2D eigenvalue weighted by Crippen LogP contribution is 2.21. The minimum absolute atomic E-state index is 0.101. The van der Waals surface area contributed by atoms with Gasteiger partial charge in [-0.25, -0.2) is 4.98 Å². The lowest BCUT2D eigenvalue weighted by Crippen LogP contribution is -2.01. The summed E-state index contributed by atoms with van der Waals surface area (Å²) in [5.41, 5.74) is 2.44. The van der Waals surface area contributed by atoms with Gasteiger partial charge >= 0.3 is 5.97 Å². The second-order valence-corrected chi connectivity index (χ2v) is 4.06. The lowest BCUT2D eigenvalue weighted by Gasteiger charge is -2.04. The summed E-state index contributed by atoms with van der Waals surface area (Å²) < 4.78 is 0. The van der Waals surface area contributed by atoms with Gasteiger partial charge in [0.25, 0.3) is 0 Å². The van der Waals surface area contributed by atoms with Gasteiger partial charge in [0.05, 0.1) is 11.9 Å². The predicted molar refractivity (Wildman–Crippen MR) is 62.8 cm³/mol. The average molecular weight is 236 g/mol. The van der Waals surface area contributed by atoms with Crippen LogP contribution in [0.15, 0.2) is 24.3 Å². The number of benzene rings is 1. The Morgan fingerprint density at radius 2 is 2.19 bits per heavy atom. The number of aliphatic carboxylic acids is 1. The van der Waals surface area contributed by atoms with Gasteiger partial charge in [-0.3, -0.25) is 4.79 Å². The molecule has 2 rings (SSSR count). The van der Waals surface area contributed by atoms with E-state index in [1.54, 1.807) is 6.07 Å². The Hall–Kier alpha value is -1.61. The second-order valence-electron chi connectivity index (χ2n) is 3.70. The van der Waals surface area contributed by atoms with Crippen LogP contribution in [0.1, 0.15) is 11.1 Å². The van der Waals surface area contributed by atoms with Crippen molar-refractivity contribution >= 4 is 28.5 Å². The van der Waals surface area contributed by atoms with Crippen molar-refractivity contribution in [3.63, 3.8) is 0 Å². The summed E-state index contributed by atoms with van der Waals surface area (Å²) >= 11 is 5.91. The van der Waals surface area contributed by atoms with Gasteiger partial charge in [0.1, 0.15) is 5.15 Å². The summed E-state index contributed by atoms with van der Waals surface area (Å²) in [6.07, 6.45) is -0.101. The van der Waals surface area contributed by atoms with E-state index in [0.717, 1.165) is 16.5 Å². The molecule has 1 N–H and O–H groups in total. The maximum Gasteiger partial charge on any atom is 0.307 e. The standard InChI is InChI=1S/C12H10ClNO2/c1-7-2-3-10-8(4-7)5-9(6-11(15)16)12(13)14-10/h2-5H,6H2,1H3,(H,15,16). The molecular formula is C12H10ClNO2. The molecule has 0 radical (unpaired) electrons. The van der Waals surface area contributed by atoms with Crippen molar-refractivity contribution in [2.24, 2.45) is 0 Å². The number of carbonyl (C=O) groups is 1. The van der Waals surface area contributed by atoms with Crippen LogP contribution >= 0.6 is 11.6 Å². The van der Waals surface area contributed by atoms with Crippen molar-refractivity contribution in [1.82, 2.24) is 4.98 Å². The quantitative estimate of drug-likeness (QED) is 0.815. The third-order valence-corrected chi connectivity index (χ3v) is 2.67. The molecule has 1 aromatic heterocycles. The van der Waals surface area contributed by atoms with Crippen molar-refractivity contribution < 1.29 is 9.90 Å². The van der Waals surface area contributed by atoms with E-state index >= 15 is 0 Å². The zero-order chi connectivity index (χ0) is 11.7. The van der Waals surface area contributed by atoms with Crippen LogP contribution in [-0.4, -0.2) is 16.1 Å². The first-order chi connectivity index (χ1) is 7.56. The van der Waals surface area contributed by atoms with Gasteiger partial charge in [0, 0.05) is 10.9 Å². The third kappa shape index (κ3) is 2.14. The molecule has 1 heterocycles. The molecule has 0 atom stereocenters. The molecule has 82 valence electrons. The highest BCUT2D eigenvalue weighted by atomic mass is 35.5. The fourth-order valence-corrected chi connectivity index (χ4v) is 1.82. The summed E-state index contributed by atoms with van der Waals surface area (Å²) in [7, 11) is 0. The molecular weight excluding hydrogens is 226 g/mol. The normalized spacial score (nSPS) is 10.6. The summed E-state index contributed by atoms with van der Waals surface area (Å²) in [5, 5.41) is 9.91. The summed E-state index contributed by atoms with van der Waals surface area (Å²) in [5.74, 6) is -0.907. The van der Waals surface area contributed by atoms with Gasteiger partial charge in [0.15, 0.2) is 0 Å². The number of halogens is 1. The van der Waals surface area contributed by atoms with Crippen LogP contribution in [0.3, 0.4) is 0 Å². The largest absolute Gasteiger partial charge is 0.481 e. The number of hydrogen-bond acceptors (Lipinski definition) is 2. The van der Waals surface area contributed by atoms with E-state index in [1.807, 2.05) is 25.1 Å². The molecule has 0 bridgehead atoms. The number of carboxylic acids is 1. The number of hydrogen-bond donors (Lipinski definition) is 1. The SMILES string of the molecule is Cc1ccc2nc(Cl)c(CC(=O)O)cc2c1. The molecule has 3 nitrogen and oxygen atoms in total. The van der Waals surface area contributed by atoms with Crippen LogP contribution in [0.2, 0.25) is 5.15 Å². The second kappa shape index (κ2) is 4.10. The van der Waals surface area contributed by atoms with Crippen molar-refractivity contribution in [3.05, 3.63) is 40.5 Å². The van der Waals surface area contributed by atoms with E-state index in [0.29, 0.717) is 5.56 Å². The van der Waals surface area contributed by atoms with Gasteiger partial charge in [-0.2, -0.15) is 0 Å². The molecule has 4 heteroatoms. The zero-order valence-corrected chi connectivity index (χ0v) is 9.45. The van der Waals surface area contributed by atoms with Crippen LogP contribution in [0.5, 0.6) is 0 Å². The lowest BCUT2D eigenvalue weighted by atomic mass is 10.1. The molecule has 0 unspecified atom stereocenters. The van der Waals surface area contributed by atoms with E-state index in [2.05, 4.69) is 4.98 Å². The first kappa shape index (κ1) is 10.9. The molecule has 2 aromatic rings. The van der Waals surface area contributed by atoms with Crippen LogP contribution in [0.25, 0.3) is 10.9 Å². The Morgan fingerprint density at radius 3 is 2.88 bits per heavy atom. The number of pyridine rings is 1. The maximum atomic E-state index is 10.6. The Bertz CT molecular complexity index is 566. The van der Waals surface area contributed by atoms with Gasteiger partial charge in [-0.05, 0) is 25.1 Å². The van der Waals surface area contributed by atoms with Crippen molar-refractivity contribution in [2.75, 3.05) is 0 Å². The average Bonchev–Trinajstić information content (AvgIpc) is 2.19. The number of aromatic nitrogens is 1. The Kier molecular flexibility index (Phi) is 2.79. The minimum atomic E-state index is -0.907. The highest BCUT2D eigenvalue weighted by Gasteiger charge is 2.08. The van der Waals surface area contributed by atoms with Crippen LogP contribution in [-0.2, 0) is 11.2 Å². The number of fused-ring (bicyclic) bond motifs is 1. The smallest absolute Gasteiger partial charge is 0.307 e. The van der Waals surface area contributed by atoms with E-state index < -0.39 is 5.97 Å². The molecule has 0 amide bonds. The minimum Gasteiger partial charge on any atom is -0.481 e. The molecule has 1 aromatic carbocycles. The Balaban J connectivity index is 2.59. The Labute approximate surface area is 97.7 Å². The maximum absolute atomic E-state index is 10.6. The first-order valence-corrected chi connectivity index (χ1v) is 5.21. The molecule has 0 spiro atoms. The molecule has 0 aliphatic heterocycles.